The number of carbonyl (C=O) groups is 1. The summed E-state index contributed by atoms with van der Waals surface area (Å²) in [6.07, 6.45) is 7.83. The molecule has 3 aromatic rings. The van der Waals surface area contributed by atoms with E-state index in [1.54, 1.807) is 19.3 Å². The summed E-state index contributed by atoms with van der Waals surface area (Å²) in [5.74, 6) is 0.763. The molecule has 5 heterocycles. The number of hydrogen-bond donors (Lipinski definition) is 2. The molecule has 5 rings (SSSR count). The lowest BCUT2D eigenvalue weighted by atomic mass is 10.0. The Kier molecular flexibility index (Phi) is 5.52. The Morgan fingerprint density at radius 2 is 1.97 bits per heavy atom. The molecule has 10 heteroatoms. The van der Waals surface area contributed by atoms with E-state index in [0.29, 0.717) is 22.8 Å². The van der Waals surface area contributed by atoms with Gasteiger partial charge in [0.1, 0.15) is 23.2 Å². The average Bonchev–Trinajstić information content (AvgIpc) is 3.34. The number of likely N-dealkylation sites (tertiary alicyclic amines) is 1. The van der Waals surface area contributed by atoms with Gasteiger partial charge in [0.15, 0.2) is 5.65 Å². The van der Waals surface area contributed by atoms with Crippen LogP contribution in [0.4, 0.5) is 5.69 Å². The first-order valence-corrected chi connectivity index (χ1v) is 11.0. The van der Waals surface area contributed by atoms with Crippen molar-refractivity contribution in [3.05, 3.63) is 52.7 Å². The molecule has 0 radical (unpaired) electrons. The van der Waals surface area contributed by atoms with Crippen molar-refractivity contribution in [2.24, 2.45) is 0 Å². The first-order chi connectivity index (χ1) is 15.6. The Morgan fingerprint density at radius 1 is 1.12 bits per heavy atom. The zero-order chi connectivity index (χ0) is 22.1. The normalized spacial score (nSPS) is 20.0. The third kappa shape index (κ3) is 3.93. The molecule has 2 N–H and O–H groups in total. The number of H-pyrrole nitrogens is 1. The lowest BCUT2D eigenvalue weighted by Crippen LogP contribution is -2.44. The van der Waals surface area contributed by atoms with E-state index in [0.717, 1.165) is 57.0 Å². The molecule has 0 spiro atoms. The smallest absolute Gasteiger partial charge is 0.269 e. The maximum Gasteiger partial charge on any atom is 0.269 e. The minimum Gasteiger partial charge on any atom is -0.370 e. The van der Waals surface area contributed by atoms with Crippen LogP contribution in [0.25, 0.3) is 11.0 Å². The fraction of sp³-hybridized carbons (Fsp3) is 0.455. The summed E-state index contributed by atoms with van der Waals surface area (Å²) in [6, 6.07) is 4.26. The van der Waals surface area contributed by atoms with Gasteiger partial charge in [-0.1, -0.05) is 0 Å². The van der Waals surface area contributed by atoms with Crippen molar-refractivity contribution in [2.75, 3.05) is 38.1 Å². The maximum atomic E-state index is 12.4. The van der Waals surface area contributed by atoms with Crippen molar-refractivity contribution in [1.29, 1.82) is 0 Å². The number of nitrogens with zero attached hydrogens (tertiary/aromatic N) is 6. The standard InChI is InChI=1S/C22H26N8O2/c1-23-22(32)18-3-2-16(10-25-18)29-8-5-15(6-9-29)30-7-4-14(12-30)19-27-20-17(21(31)28-19)11-24-13-26-20/h2-3,10-11,13-15H,4-9,12H2,1H3,(H,23,32)(H,24,26,27,28,31). The van der Waals surface area contributed by atoms with E-state index in [4.69, 9.17) is 0 Å². The number of amides is 1. The van der Waals surface area contributed by atoms with Crippen LogP contribution in [0.2, 0.25) is 0 Å². The summed E-state index contributed by atoms with van der Waals surface area (Å²) in [4.78, 5) is 48.8. The van der Waals surface area contributed by atoms with Crippen molar-refractivity contribution in [3.8, 4) is 0 Å². The van der Waals surface area contributed by atoms with Crippen LogP contribution in [0.15, 0.2) is 35.6 Å². The van der Waals surface area contributed by atoms with Crippen LogP contribution < -0.4 is 15.8 Å². The Bertz CT molecular complexity index is 1170. The van der Waals surface area contributed by atoms with Crippen LogP contribution in [0.5, 0.6) is 0 Å². The third-order valence-electron chi connectivity index (χ3n) is 6.56. The van der Waals surface area contributed by atoms with Gasteiger partial charge in [-0.25, -0.2) is 19.9 Å². The Hall–Kier alpha value is -3.40. The molecule has 2 fully saturated rings. The summed E-state index contributed by atoms with van der Waals surface area (Å²) in [7, 11) is 1.60. The van der Waals surface area contributed by atoms with Crippen molar-refractivity contribution in [2.45, 2.75) is 31.2 Å². The van der Waals surface area contributed by atoms with Crippen LogP contribution in [0.3, 0.4) is 0 Å². The van der Waals surface area contributed by atoms with Gasteiger partial charge in [-0.3, -0.25) is 14.5 Å². The second kappa shape index (κ2) is 8.62. The highest BCUT2D eigenvalue weighted by molar-refractivity contribution is 5.92. The predicted molar refractivity (Wildman–Crippen MR) is 120 cm³/mol. The summed E-state index contributed by atoms with van der Waals surface area (Å²) < 4.78 is 0. The van der Waals surface area contributed by atoms with Crippen molar-refractivity contribution in [3.63, 3.8) is 0 Å². The quantitative estimate of drug-likeness (QED) is 0.622. The minimum absolute atomic E-state index is 0.173. The summed E-state index contributed by atoms with van der Waals surface area (Å²) in [5, 5.41) is 3.02. The molecular weight excluding hydrogens is 408 g/mol. The number of rotatable bonds is 4. The number of nitrogens with one attached hydrogen (secondary N) is 2. The molecule has 0 bridgehead atoms. The lowest BCUT2D eigenvalue weighted by Gasteiger charge is -2.37. The van der Waals surface area contributed by atoms with E-state index in [1.165, 1.54) is 12.5 Å². The summed E-state index contributed by atoms with van der Waals surface area (Å²) >= 11 is 0. The van der Waals surface area contributed by atoms with E-state index in [9.17, 15) is 9.59 Å². The average molecular weight is 435 g/mol. The van der Waals surface area contributed by atoms with Gasteiger partial charge in [-0.2, -0.15) is 0 Å². The fourth-order valence-corrected chi connectivity index (χ4v) is 4.76. The van der Waals surface area contributed by atoms with Crippen molar-refractivity contribution in [1.82, 2.24) is 35.1 Å². The number of anilines is 1. The number of piperidine rings is 1. The summed E-state index contributed by atoms with van der Waals surface area (Å²) in [6.45, 7) is 3.80. The molecule has 166 valence electrons. The lowest BCUT2D eigenvalue weighted by molar-refractivity contribution is 0.0958. The molecule has 3 aromatic heterocycles. The molecule has 32 heavy (non-hydrogen) atoms. The Balaban J connectivity index is 1.20. The highest BCUT2D eigenvalue weighted by Crippen LogP contribution is 2.30. The van der Waals surface area contributed by atoms with Gasteiger partial charge in [0.2, 0.25) is 0 Å². The van der Waals surface area contributed by atoms with Crippen LogP contribution >= 0.6 is 0 Å². The van der Waals surface area contributed by atoms with E-state index in [1.807, 2.05) is 6.07 Å². The molecule has 2 aliphatic rings. The van der Waals surface area contributed by atoms with Crippen molar-refractivity contribution >= 4 is 22.6 Å². The monoisotopic (exact) mass is 434 g/mol. The number of aromatic amines is 1. The topological polar surface area (TPSA) is 120 Å². The number of carbonyl (C=O) groups excluding carboxylic acids is 1. The molecule has 1 unspecified atom stereocenters. The molecule has 10 nitrogen and oxygen atoms in total. The molecule has 0 aromatic carbocycles. The van der Waals surface area contributed by atoms with Gasteiger partial charge in [0.05, 0.1) is 11.9 Å². The minimum atomic E-state index is -0.173. The third-order valence-corrected chi connectivity index (χ3v) is 6.56. The van der Waals surface area contributed by atoms with Crippen LogP contribution in [0.1, 0.15) is 41.5 Å². The van der Waals surface area contributed by atoms with Crippen LogP contribution in [-0.4, -0.2) is 75.0 Å². The zero-order valence-corrected chi connectivity index (χ0v) is 18.0. The summed E-state index contributed by atoms with van der Waals surface area (Å²) in [5.41, 5.74) is 1.77. The van der Waals surface area contributed by atoms with Gasteiger partial charge < -0.3 is 15.2 Å². The number of hydrogen-bond acceptors (Lipinski definition) is 8. The van der Waals surface area contributed by atoms with Crippen molar-refractivity contribution < 1.29 is 4.79 Å². The molecule has 0 saturated carbocycles. The molecule has 1 amide bonds. The molecule has 1 atom stereocenters. The van der Waals surface area contributed by atoms with Gasteiger partial charge in [-0.05, 0) is 37.9 Å². The van der Waals surface area contributed by atoms with Crippen LogP contribution in [0, 0.1) is 0 Å². The second-order valence-electron chi connectivity index (χ2n) is 8.39. The van der Waals surface area contributed by atoms with Gasteiger partial charge >= 0.3 is 0 Å². The first-order valence-electron chi connectivity index (χ1n) is 11.0. The van der Waals surface area contributed by atoms with Gasteiger partial charge in [0.25, 0.3) is 11.5 Å². The van der Waals surface area contributed by atoms with E-state index < -0.39 is 0 Å². The predicted octanol–water partition coefficient (Wildman–Crippen LogP) is 0.926. The largest absolute Gasteiger partial charge is 0.370 e. The molecular formula is C22H26N8O2. The SMILES string of the molecule is CNC(=O)c1ccc(N2CCC(N3CCC(c4nc5ncncc5c(=O)[nH]4)C3)CC2)cn1. The molecule has 0 aliphatic carbocycles. The number of pyridine rings is 1. The first kappa shape index (κ1) is 20.5. The highest BCUT2D eigenvalue weighted by atomic mass is 16.1. The fourth-order valence-electron chi connectivity index (χ4n) is 4.76. The molecule has 2 aliphatic heterocycles. The molecule has 2 saturated heterocycles. The maximum absolute atomic E-state index is 12.4. The zero-order valence-electron chi connectivity index (χ0n) is 18.0. The highest BCUT2D eigenvalue weighted by Gasteiger charge is 2.32. The Morgan fingerprint density at radius 3 is 2.72 bits per heavy atom. The second-order valence-corrected chi connectivity index (χ2v) is 8.39. The van der Waals surface area contributed by atoms with Gasteiger partial charge in [-0.15, -0.1) is 0 Å². The van der Waals surface area contributed by atoms with E-state index in [-0.39, 0.29) is 17.4 Å². The van der Waals surface area contributed by atoms with E-state index in [2.05, 4.69) is 40.0 Å². The number of fused-ring (bicyclic) bond motifs is 1. The van der Waals surface area contributed by atoms with Gasteiger partial charge in [0, 0.05) is 44.8 Å². The van der Waals surface area contributed by atoms with Crippen LogP contribution in [-0.2, 0) is 0 Å². The Labute approximate surface area is 185 Å². The van der Waals surface area contributed by atoms with E-state index >= 15 is 0 Å². The number of aromatic nitrogens is 5.